The average molecular weight is 244 g/mol. The predicted molar refractivity (Wildman–Crippen MR) is 65.5 cm³/mol. The molecule has 0 saturated heterocycles. The third-order valence-corrected chi connectivity index (χ3v) is 2.49. The van der Waals surface area contributed by atoms with Crippen LogP contribution in [0.1, 0.15) is 53.4 Å². The molecule has 17 heavy (non-hydrogen) atoms. The second-order valence-corrected chi connectivity index (χ2v) is 4.51. The Labute approximate surface area is 104 Å². The number of carbonyl (C=O) groups excluding carboxylic acids is 2. The fourth-order valence-corrected chi connectivity index (χ4v) is 1.07. The topological polar surface area (TPSA) is 52.6 Å². The number of hydrogen-bond donors (Lipinski definition) is 0. The van der Waals surface area contributed by atoms with Crippen molar-refractivity contribution in [3.63, 3.8) is 0 Å². The average Bonchev–Trinajstić information content (AvgIpc) is 2.26. The predicted octanol–water partition coefficient (Wildman–Crippen LogP) is 2.70. The molecule has 0 aromatic carbocycles. The zero-order valence-electron chi connectivity index (χ0n) is 11.3. The fourth-order valence-electron chi connectivity index (χ4n) is 1.07. The molecule has 0 heterocycles. The van der Waals surface area contributed by atoms with Crippen molar-refractivity contribution in [2.24, 2.45) is 5.92 Å². The molecule has 1 atom stereocenters. The lowest BCUT2D eigenvalue weighted by molar-refractivity contribution is -0.150. The first-order valence-corrected chi connectivity index (χ1v) is 6.32. The molecule has 4 heteroatoms. The molecular formula is C13H24O4. The molecular weight excluding hydrogens is 220 g/mol. The molecule has 0 rings (SSSR count). The first-order chi connectivity index (χ1) is 7.97. The monoisotopic (exact) mass is 244 g/mol. The van der Waals surface area contributed by atoms with Gasteiger partial charge in [0.05, 0.1) is 6.61 Å². The van der Waals surface area contributed by atoms with Crippen LogP contribution < -0.4 is 0 Å². The van der Waals surface area contributed by atoms with Crippen molar-refractivity contribution in [1.82, 2.24) is 0 Å². The van der Waals surface area contributed by atoms with Crippen LogP contribution in [-0.4, -0.2) is 24.6 Å². The van der Waals surface area contributed by atoms with Crippen molar-refractivity contribution in [3.8, 4) is 0 Å². The summed E-state index contributed by atoms with van der Waals surface area (Å²) in [6, 6.07) is 0. The lowest BCUT2D eigenvalue weighted by Crippen LogP contribution is -2.20. The number of rotatable bonds is 8. The minimum Gasteiger partial charge on any atom is -0.466 e. The first-order valence-electron chi connectivity index (χ1n) is 6.32. The van der Waals surface area contributed by atoms with Crippen molar-refractivity contribution in [2.75, 3.05) is 6.61 Å². The second kappa shape index (κ2) is 9.02. The van der Waals surface area contributed by atoms with Gasteiger partial charge in [-0.25, -0.2) is 0 Å². The molecule has 0 aromatic rings. The van der Waals surface area contributed by atoms with E-state index in [4.69, 9.17) is 9.47 Å². The van der Waals surface area contributed by atoms with Gasteiger partial charge in [-0.1, -0.05) is 20.8 Å². The summed E-state index contributed by atoms with van der Waals surface area (Å²) >= 11 is 0. The Morgan fingerprint density at radius 1 is 1.06 bits per heavy atom. The lowest BCUT2D eigenvalue weighted by atomic mass is 10.1. The van der Waals surface area contributed by atoms with Crippen LogP contribution in [0.4, 0.5) is 0 Å². The van der Waals surface area contributed by atoms with Crippen molar-refractivity contribution in [3.05, 3.63) is 0 Å². The second-order valence-electron chi connectivity index (χ2n) is 4.51. The van der Waals surface area contributed by atoms with Gasteiger partial charge in [-0.15, -0.1) is 0 Å². The molecule has 1 unspecified atom stereocenters. The van der Waals surface area contributed by atoms with E-state index in [1.54, 1.807) is 0 Å². The third kappa shape index (κ3) is 8.72. The Balaban J connectivity index is 3.61. The highest BCUT2D eigenvalue weighted by atomic mass is 16.5. The van der Waals surface area contributed by atoms with Gasteiger partial charge in [0.15, 0.2) is 0 Å². The number of hydrogen-bond acceptors (Lipinski definition) is 4. The van der Waals surface area contributed by atoms with Gasteiger partial charge < -0.3 is 9.47 Å². The Morgan fingerprint density at radius 3 is 2.18 bits per heavy atom. The minimum atomic E-state index is -0.241. The van der Waals surface area contributed by atoms with E-state index in [1.165, 1.54) is 0 Å². The van der Waals surface area contributed by atoms with E-state index in [-0.39, 0.29) is 30.9 Å². The van der Waals surface area contributed by atoms with Crippen molar-refractivity contribution >= 4 is 11.9 Å². The maximum absolute atomic E-state index is 11.4. The highest BCUT2D eigenvalue weighted by Crippen LogP contribution is 2.08. The van der Waals surface area contributed by atoms with Crippen molar-refractivity contribution < 1.29 is 19.1 Å². The molecule has 100 valence electrons. The number of esters is 2. The Bertz CT molecular complexity index is 236. The standard InChI is InChI=1S/C13H24O4/c1-5-9-16-12(14)7-6-8-13(15)17-11(4)10(2)3/h10-11H,5-9H2,1-4H3. The summed E-state index contributed by atoms with van der Waals surface area (Å²) < 4.78 is 10.1. The lowest BCUT2D eigenvalue weighted by Gasteiger charge is -2.16. The summed E-state index contributed by atoms with van der Waals surface area (Å²) in [5.74, 6) is -0.167. The molecule has 0 spiro atoms. The normalized spacial score (nSPS) is 12.3. The molecule has 0 bridgehead atoms. The van der Waals surface area contributed by atoms with Gasteiger partial charge in [-0.2, -0.15) is 0 Å². The maximum atomic E-state index is 11.4. The van der Waals surface area contributed by atoms with Crippen LogP contribution in [0.5, 0.6) is 0 Å². The van der Waals surface area contributed by atoms with Gasteiger partial charge in [0.2, 0.25) is 0 Å². The zero-order chi connectivity index (χ0) is 13.3. The quantitative estimate of drug-likeness (QED) is 0.616. The van der Waals surface area contributed by atoms with E-state index in [9.17, 15) is 9.59 Å². The van der Waals surface area contributed by atoms with Gasteiger partial charge in [-0.3, -0.25) is 9.59 Å². The van der Waals surface area contributed by atoms with Crippen molar-refractivity contribution in [1.29, 1.82) is 0 Å². The Kier molecular flexibility index (Phi) is 8.46. The summed E-state index contributed by atoms with van der Waals surface area (Å²) in [6.07, 6.45) is 1.80. The van der Waals surface area contributed by atoms with Crippen LogP contribution in [0.3, 0.4) is 0 Å². The Morgan fingerprint density at radius 2 is 1.65 bits per heavy atom. The highest BCUT2D eigenvalue weighted by molar-refractivity contribution is 5.72. The van der Waals surface area contributed by atoms with E-state index in [1.807, 2.05) is 27.7 Å². The van der Waals surface area contributed by atoms with E-state index in [0.29, 0.717) is 18.9 Å². The molecule has 0 aliphatic carbocycles. The van der Waals surface area contributed by atoms with E-state index >= 15 is 0 Å². The molecule has 0 amide bonds. The van der Waals surface area contributed by atoms with Gasteiger partial charge in [0.1, 0.15) is 6.10 Å². The first kappa shape index (κ1) is 15.9. The summed E-state index contributed by atoms with van der Waals surface area (Å²) in [7, 11) is 0. The van der Waals surface area contributed by atoms with Gasteiger partial charge in [-0.05, 0) is 25.7 Å². The number of ether oxygens (including phenoxy) is 2. The summed E-state index contributed by atoms with van der Waals surface area (Å²) in [5.41, 5.74) is 0. The van der Waals surface area contributed by atoms with E-state index in [0.717, 1.165) is 6.42 Å². The summed E-state index contributed by atoms with van der Waals surface area (Å²) in [4.78, 5) is 22.5. The van der Waals surface area contributed by atoms with E-state index < -0.39 is 0 Å². The molecule has 4 nitrogen and oxygen atoms in total. The molecule has 0 fully saturated rings. The molecule has 0 aliphatic rings. The summed E-state index contributed by atoms with van der Waals surface area (Å²) in [6.45, 7) is 8.27. The fraction of sp³-hybridized carbons (Fsp3) is 0.846. The minimum absolute atomic E-state index is 0.0745. The van der Waals surface area contributed by atoms with Crippen LogP contribution in [0.25, 0.3) is 0 Å². The maximum Gasteiger partial charge on any atom is 0.306 e. The number of carbonyl (C=O) groups is 2. The zero-order valence-corrected chi connectivity index (χ0v) is 11.3. The van der Waals surface area contributed by atoms with Crippen LogP contribution in [0, 0.1) is 5.92 Å². The molecule has 0 saturated carbocycles. The van der Waals surface area contributed by atoms with Crippen LogP contribution >= 0.6 is 0 Å². The van der Waals surface area contributed by atoms with E-state index in [2.05, 4.69) is 0 Å². The molecule has 0 aromatic heterocycles. The largest absolute Gasteiger partial charge is 0.466 e. The van der Waals surface area contributed by atoms with Crippen molar-refractivity contribution in [2.45, 2.75) is 59.5 Å². The SMILES string of the molecule is CCCOC(=O)CCCC(=O)OC(C)C(C)C. The van der Waals surface area contributed by atoms with Crippen LogP contribution in [0.2, 0.25) is 0 Å². The van der Waals surface area contributed by atoms with Gasteiger partial charge >= 0.3 is 11.9 Å². The molecule has 0 aliphatic heterocycles. The van der Waals surface area contributed by atoms with Crippen LogP contribution in [-0.2, 0) is 19.1 Å². The highest BCUT2D eigenvalue weighted by Gasteiger charge is 2.13. The van der Waals surface area contributed by atoms with Gasteiger partial charge in [0, 0.05) is 12.8 Å². The third-order valence-electron chi connectivity index (χ3n) is 2.49. The Hall–Kier alpha value is -1.06. The van der Waals surface area contributed by atoms with Gasteiger partial charge in [0.25, 0.3) is 0 Å². The molecule has 0 radical (unpaired) electrons. The summed E-state index contributed by atoms with van der Waals surface area (Å²) in [5, 5.41) is 0. The van der Waals surface area contributed by atoms with Crippen LogP contribution in [0.15, 0.2) is 0 Å². The smallest absolute Gasteiger partial charge is 0.306 e. The molecule has 0 N–H and O–H groups in total.